The Bertz CT molecular complexity index is 1590. The number of rotatable bonds is 18. The second-order valence-corrected chi connectivity index (χ2v) is 22.7. The van der Waals surface area contributed by atoms with Crippen LogP contribution in [0.15, 0.2) is 36.4 Å². The van der Waals surface area contributed by atoms with Crippen molar-refractivity contribution in [2.45, 2.75) is 213 Å². The van der Waals surface area contributed by atoms with Crippen LogP contribution >= 0.6 is 0 Å². The zero-order valence-electron chi connectivity index (χ0n) is 40.5. The number of hydrogen-bond donors (Lipinski definition) is 0. The Morgan fingerprint density at radius 3 is 1.08 bits per heavy atom. The fourth-order valence-corrected chi connectivity index (χ4v) is 8.24. The molecule has 0 aromatic heterocycles. The molecule has 330 valence electrons. The van der Waals surface area contributed by atoms with Gasteiger partial charge in [0.25, 0.3) is 0 Å². The zero-order valence-corrected chi connectivity index (χ0v) is 40.5. The lowest BCUT2D eigenvalue weighted by Gasteiger charge is -2.35. The molecular formula is C49H80B2O8. The second-order valence-electron chi connectivity index (χ2n) is 22.7. The van der Waals surface area contributed by atoms with Gasteiger partial charge in [-0.15, -0.1) is 0 Å². The summed E-state index contributed by atoms with van der Waals surface area (Å²) in [6.07, 6.45) is 5.18. The molecule has 0 bridgehead atoms. The van der Waals surface area contributed by atoms with Crippen molar-refractivity contribution in [3.63, 3.8) is 0 Å². The molecule has 10 heteroatoms. The molecule has 1 aliphatic carbocycles. The summed E-state index contributed by atoms with van der Waals surface area (Å²) in [6, 6.07) is 13.7. The summed E-state index contributed by atoms with van der Waals surface area (Å²) in [6.45, 7) is 40.8. The summed E-state index contributed by atoms with van der Waals surface area (Å²) in [5.74, 6) is 0. The van der Waals surface area contributed by atoms with Crippen LogP contribution in [-0.2, 0) is 43.0 Å². The Labute approximate surface area is 360 Å². The third-order valence-corrected chi connectivity index (χ3v) is 13.4. The number of ether oxygens (including phenoxy) is 4. The van der Waals surface area contributed by atoms with E-state index in [0.29, 0.717) is 26.4 Å². The molecule has 8 nitrogen and oxygen atoms in total. The molecule has 0 atom stereocenters. The van der Waals surface area contributed by atoms with E-state index < -0.39 is 36.6 Å². The fourth-order valence-electron chi connectivity index (χ4n) is 8.24. The molecular weight excluding hydrogens is 738 g/mol. The molecule has 2 aromatic carbocycles. The van der Waals surface area contributed by atoms with E-state index >= 15 is 0 Å². The smallest absolute Gasteiger partial charge is 0.399 e. The van der Waals surface area contributed by atoms with Gasteiger partial charge in [-0.2, -0.15) is 0 Å². The van der Waals surface area contributed by atoms with Crippen molar-refractivity contribution in [1.82, 2.24) is 0 Å². The van der Waals surface area contributed by atoms with Crippen LogP contribution in [0.2, 0.25) is 0 Å². The molecule has 0 amide bonds. The van der Waals surface area contributed by atoms with Gasteiger partial charge in [0.15, 0.2) is 0 Å². The van der Waals surface area contributed by atoms with Crippen molar-refractivity contribution in [1.29, 1.82) is 0 Å². The summed E-state index contributed by atoms with van der Waals surface area (Å²) in [5, 5.41) is 0. The van der Waals surface area contributed by atoms with Gasteiger partial charge < -0.3 is 37.6 Å². The minimum Gasteiger partial charge on any atom is -0.399 e. The molecule has 5 rings (SSSR count). The van der Waals surface area contributed by atoms with Gasteiger partial charge in [-0.3, -0.25) is 0 Å². The first-order chi connectivity index (χ1) is 26.9. The molecule has 0 saturated carbocycles. The molecule has 2 aliphatic heterocycles. The van der Waals surface area contributed by atoms with Crippen molar-refractivity contribution in [3.05, 3.63) is 47.5 Å². The van der Waals surface area contributed by atoms with E-state index in [4.69, 9.17) is 37.6 Å². The minimum absolute atomic E-state index is 0.178. The average Bonchev–Trinajstić information content (AvgIpc) is 3.57. The van der Waals surface area contributed by atoms with E-state index in [1.807, 2.05) is 0 Å². The largest absolute Gasteiger partial charge is 0.494 e. The van der Waals surface area contributed by atoms with Crippen LogP contribution in [0.5, 0.6) is 0 Å². The Morgan fingerprint density at radius 1 is 0.458 bits per heavy atom. The first-order valence-electron chi connectivity index (χ1n) is 22.4. The molecule has 0 spiro atoms. The maximum absolute atomic E-state index is 6.66. The predicted molar refractivity (Wildman–Crippen MR) is 243 cm³/mol. The van der Waals surface area contributed by atoms with Crippen LogP contribution in [0.25, 0.3) is 11.1 Å². The van der Waals surface area contributed by atoms with Gasteiger partial charge in [0.05, 0.1) is 44.8 Å². The highest BCUT2D eigenvalue weighted by molar-refractivity contribution is 6.62. The number of hydrogen-bond acceptors (Lipinski definition) is 8. The maximum atomic E-state index is 6.66. The van der Waals surface area contributed by atoms with Gasteiger partial charge in [0, 0.05) is 31.8 Å². The lowest BCUT2D eigenvalue weighted by Crippen LogP contribution is -2.41. The van der Waals surface area contributed by atoms with Gasteiger partial charge in [0.2, 0.25) is 0 Å². The minimum atomic E-state index is -0.467. The quantitative estimate of drug-likeness (QED) is 0.109. The molecule has 2 fully saturated rings. The summed E-state index contributed by atoms with van der Waals surface area (Å²) in [7, 11) is -0.933. The van der Waals surface area contributed by atoms with Crippen molar-refractivity contribution in [2.75, 3.05) is 26.4 Å². The van der Waals surface area contributed by atoms with E-state index in [0.717, 1.165) is 49.5 Å². The van der Waals surface area contributed by atoms with E-state index in [2.05, 4.69) is 161 Å². The van der Waals surface area contributed by atoms with Gasteiger partial charge in [-0.1, -0.05) is 36.4 Å². The summed E-state index contributed by atoms with van der Waals surface area (Å²) in [5.41, 5.74) is 4.10. The third kappa shape index (κ3) is 11.4. The van der Waals surface area contributed by atoms with Crippen LogP contribution in [0.3, 0.4) is 0 Å². The highest BCUT2D eigenvalue weighted by Gasteiger charge is 2.54. The van der Waals surface area contributed by atoms with Crippen molar-refractivity contribution >= 4 is 25.2 Å². The topological polar surface area (TPSA) is 73.8 Å². The van der Waals surface area contributed by atoms with E-state index in [-0.39, 0.29) is 27.8 Å². The highest BCUT2D eigenvalue weighted by atomic mass is 16.7. The summed E-state index contributed by atoms with van der Waals surface area (Å²) < 4.78 is 52.1. The molecule has 2 saturated heterocycles. The van der Waals surface area contributed by atoms with E-state index in [1.165, 1.54) is 22.3 Å². The second kappa shape index (κ2) is 17.1. The van der Waals surface area contributed by atoms with E-state index in [1.54, 1.807) is 0 Å². The standard InChI is InChI=1S/C49H80B2O8/c1-41(2,3)52-31-27-43(7,8)54-29-19-25-49(26-20-30-55-44(9,10)28-32-53-42(4,5)6)39-33-35(50-56-45(11,12)46(13,14)57-50)21-23-37(39)38-24-22-36(34-40(38)49)51-58-47(15,16)48(17,18)59-51/h21-24,33-34H,19-20,25-32H2,1-18H3. The van der Waals surface area contributed by atoms with Crippen LogP contribution in [0.1, 0.15) is 174 Å². The van der Waals surface area contributed by atoms with Gasteiger partial charge in [0.1, 0.15) is 0 Å². The van der Waals surface area contributed by atoms with Gasteiger partial charge >= 0.3 is 14.2 Å². The monoisotopic (exact) mass is 819 g/mol. The van der Waals surface area contributed by atoms with Crippen molar-refractivity contribution in [2.24, 2.45) is 0 Å². The van der Waals surface area contributed by atoms with Crippen LogP contribution < -0.4 is 10.9 Å². The number of fused-ring (bicyclic) bond motifs is 3. The van der Waals surface area contributed by atoms with Crippen LogP contribution in [0, 0.1) is 0 Å². The molecule has 0 radical (unpaired) electrons. The van der Waals surface area contributed by atoms with Crippen molar-refractivity contribution < 1.29 is 37.6 Å². The SMILES string of the molecule is CC(C)(C)OCCC(C)(C)OCCCC1(CCCOC(C)(C)CCOC(C)(C)C)c2cc(B3OC(C)(C)C(C)(C)O3)ccc2-c2ccc(B3OC(C)(C)C(C)(C)O3)cc21. The Kier molecular flexibility index (Phi) is 14.0. The molecule has 3 aliphatic rings. The predicted octanol–water partition coefficient (Wildman–Crippen LogP) is 10.1. The normalized spacial score (nSPS) is 20.6. The Hall–Kier alpha value is -1.75. The van der Waals surface area contributed by atoms with E-state index in [9.17, 15) is 0 Å². The zero-order chi connectivity index (χ0) is 44.1. The lowest BCUT2D eigenvalue weighted by molar-refractivity contribution is -0.0685. The third-order valence-electron chi connectivity index (χ3n) is 13.4. The Balaban J connectivity index is 1.51. The van der Waals surface area contributed by atoms with Gasteiger partial charge in [-0.05, 0) is 196 Å². The molecule has 59 heavy (non-hydrogen) atoms. The molecule has 0 N–H and O–H groups in total. The lowest BCUT2D eigenvalue weighted by atomic mass is 9.67. The first kappa shape index (κ1) is 48.3. The Morgan fingerprint density at radius 2 is 0.780 bits per heavy atom. The number of benzene rings is 2. The molecule has 2 heterocycles. The van der Waals surface area contributed by atoms with Crippen LogP contribution in [-0.4, -0.2) is 85.5 Å². The summed E-state index contributed by atoms with van der Waals surface area (Å²) in [4.78, 5) is 0. The maximum Gasteiger partial charge on any atom is 0.494 e. The van der Waals surface area contributed by atoms with Crippen LogP contribution in [0.4, 0.5) is 0 Å². The molecule has 0 unspecified atom stereocenters. The summed E-state index contributed by atoms with van der Waals surface area (Å²) >= 11 is 0. The highest BCUT2D eigenvalue weighted by Crippen LogP contribution is 2.54. The first-order valence-corrected chi connectivity index (χ1v) is 22.4. The van der Waals surface area contributed by atoms with Gasteiger partial charge in [-0.25, -0.2) is 0 Å². The molecule has 2 aromatic rings. The average molecular weight is 819 g/mol. The van der Waals surface area contributed by atoms with Crippen molar-refractivity contribution in [3.8, 4) is 11.1 Å². The fraction of sp³-hybridized carbons (Fsp3) is 0.755.